The number of rotatable bonds is 3. The van der Waals surface area contributed by atoms with Gasteiger partial charge in [0.25, 0.3) is 0 Å². The number of thiophene rings is 1. The summed E-state index contributed by atoms with van der Waals surface area (Å²) in [5.41, 5.74) is 5.86. The first-order valence-corrected chi connectivity index (χ1v) is 6.22. The maximum atomic E-state index is 13.0. The van der Waals surface area contributed by atoms with Crippen LogP contribution in [-0.4, -0.2) is 5.84 Å². The molecule has 0 fully saturated rings. The van der Waals surface area contributed by atoms with Gasteiger partial charge in [-0.2, -0.15) is 0 Å². The highest BCUT2D eigenvalue weighted by atomic mass is 32.2. The van der Waals surface area contributed by atoms with Crippen LogP contribution in [0.4, 0.5) is 4.39 Å². The molecule has 0 unspecified atom stereocenters. The first-order chi connectivity index (χ1) is 7.66. The molecule has 2 aromatic rings. The topological polar surface area (TPSA) is 49.9 Å². The van der Waals surface area contributed by atoms with Crippen LogP contribution in [0.2, 0.25) is 0 Å². The average Bonchev–Trinajstić information content (AvgIpc) is 2.73. The van der Waals surface area contributed by atoms with Gasteiger partial charge in [0.2, 0.25) is 0 Å². The van der Waals surface area contributed by atoms with Crippen molar-refractivity contribution in [3.05, 3.63) is 47.1 Å². The predicted octanol–water partition coefficient (Wildman–Crippen LogP) is 3.32. The van der Waals surface area contributed by atoms with E-state index in [0.29, 0.717) is 5.56 Å². The molecular formula is C11H9FN2S2. The van der Waals surface area contributed by atoms with Crippen molar-refractivity contribution in [1.82, 2.24) is 0 Å². The molecule has 1 aromatic carbocycles. The highest BCUT2D eigenvalue weighted by Gasteiger charge is 2.08. The fourth-order valence-electron chi connectivity index (χ4n) is 1.23. The summed E-state index contributed by atoms with van der Waals surface area (Å²) in [4.78, 5) is 0.802. The molecule has 16 heavy (non-hydrogen) atoms. The number of hydrogen-bond acceptors (Lipinski definition) is 3. The molecular weight excluding hydrogens is 243 g/mol. The Hall–Kier alpha value is -1.33. The summed E-state index contributed by atoms with van der Waals surface area (Å²) < 4.78 is 14.1. The molecule has 2 nitrogen and oxygen atoms in total. The maximum absolute atomic E-state index is 13.0. The first-order valence-electron chi connectivity index (χ1n) is 4.52. The van der Waals surface area contributed by atoms with Gasteiger partial charge in [0.1, 0.15) is 11.7 Å². The third-order valence-electron chi connectivity index (χ3n) is 1.94. The molecule has 0 radical (unpaired) electrons. The van der Waals surface area contributed by atoms with E-state index in [4.69, 9.17) is 11.1 Å². The summed E-state index contributed by atoms with van der Waals surface area (Å²) in [5.74, 6) is -0.487. The first kappa shape index (κ1) is 11.2. The number of amidine groups is 1. The molecule has 82 valence electrons. The van der Waals surface area contributed by atoms with E-state index in [2.05, 4.69) is 0 Å². The smallest absolute Gasteiger partial charge is 0.124 e. The third kappa shape index (κ3) is 2.43. The van der Waals surface area contributed by atoms with Crippen molar-refractivity contribution < 1.29 is 4.39 Å². The Bertz CT molecular complexity index is 509. The van der Waals surface area contributed by atoms with Crippen LogP contribution >= 0.6 is 23.1 Å². The second-order valence-electron chi connectivity index (χ2n) is 3.09. The molecule has 0 aliphatic heterocycles. The third-order valence-corrected chi connectivity index (χ3v) is 4.05. The molecule has 0 saturated heterocycles. The van der Waals surface area contributed by atoms with Gasteiger partial charge in [0, 0.05) is 10.5 Å². The van der Waals surface area contributed by atoms with E-state index in [1.807, 2.05) is 17.5 Å². The van der Waals surface area contributed by atoms with Gasteiger partial charge in [-0.1, -0.05) is 17.8 Å². The summed E-state index contributed by atoms with van der Waals surface area (Å²) in [6, 6.07) is 8.24. The highest BCUT2D eigenvalue weighted by molar-refractivity contribution is 8.01. The van der Waals surface area contributed by atoms with Crippen LogP contribution in [0.3, 0.4) is 0 Å². The van der Waals surface area contributed by atoms with Crippen LogP contribution in [-0.2, 0) is 0 Å². The van der Waals surface area contributed by atoms with Gasteiger partial charge in [-0.05, 0) is 29.6 Å². The largest absolute Gasteiger partial charge is 0.384 e. The van der Waals surface area contributed by atoms with Crippen LogP contribution in [0.1, 0.15) is 5.56 Å². The number of nitrogen functional groups attached to an aromatic ring is 1. The summed E-state index contributed by atoms with van der Waals surface area (Å²) in [5, 5.41) is 9.37. The Morgan fingerprint density at radius 3 is 2.81 bits per heavy atom. The van der Waals surface area contributed by atoms with E-state index in [0.717, 1.165) is 9.10 Å². The van der Waals surface area contributed by atoms with E-state index >= 15 is 0 Å². The SMILES string of the molecule is N=C(N)c1cc(F)ccc1Sc1cccs1. The zero-order valence-electron chi connectivity index (χ0n) is 8.24. The Labute approximate surface area is 101 Å². The van der Waals surface area contributed by atoms with Gasteiger partial charge < -0.3 is 5.73 Å². The minimum atomic E-state index is -0.374. The molecule has 0 bridgehead atoms. The van der Waals surface area contributed by atoms with Crippen molar-refractivity contribution in [2.45, 2.75) is 9.10 Å². The summed E-state index contributed by atoms with van der Waals surface area (Å²) in [6.45, 7) is 0. The minimum Gasteiger partial charge on any atom is -0.384 e. The van der Waals surface area contributed by atoms with Crippen molar-refractivity contribution in [2.75, 3.05) is 0 Å². The highest BCUT2D eigenvalue weighted by Crippen LogP contribution is 2.33. The Kier molecular flexibility index (Phi) is 3.26. The fourth-order valence-corrected chi connectivity index (χ4v) is 3.09. The van der Waals surface area contributed by atoms with Gasteiger partial charge in [-0.3, -0.25) is 5.41 Å². The zero-order chi connectivity index (χ0) is 11.5. The Morgan fingerprint density at radius 1 is 1.38 bits per heavy atom. The molecule has 0 aliphatic rings. The van der Waals surface area contributed by atoms with Gasteiger partial charge in [-0.25, -0.2) is 4.39 Å². The molecule has 1 heterocycles. The summed E-state index contributed by atoms with van der Waals surface area (Å²) in [7, 11) is 0. The van der Waals surface area contributed by atoms with E-state index < -0.39 is 0 Å². The van der Waals surface area contributed by atoms with Crippen LogP contribution in [0.5, 0.6) is 0 Å². The van der Waals surface area contributed by atoms with Crippen LogP contribution in [0, 0.1) is 11.2 Å². The summed E-state index contributed by atoms with van der Waals surface area (Å²) in [6.07, 6.45) is 0. The lowest BCUT2D eigenvalue weighted by molar-refractivity contribution is 0.626. The van der Waals surface area contributed by atoms with Gasteiger partial charge in [0.15, 0.2) is 0 Å². The minimum absolute atomic E-state index is 0.112. The number of hydrogen-bond donors (Lipinski definition) is 2. The van der Waals surface area contributed by atoms with Gasteiger partial charge in [0.05, 0.1) is 4.21 Å². The van der Waals surface area contributed by atoms with Crippen molar-refractivity contribution in [3.8, 4) is 0 Å². The number of nitrogens with two attached hydrogens (primary N) is 1. The monoisotopic (exact) mass is 252 g/mol. The number of halogens is 1. The lowest BCUT2D eigenvalue weighted by Gasteiger charge is -2.06. The molecule has 0 atom stereocenters. The van der Waals surface area contributed by atoms with E-state index in [1.165, 1.54) is 23.9 Å². The van der Waals surface area contributed by atoms with Crippen molar-refractivity contribution in [1.29, 1.82) is 5.41 Å². The molecule has 0 amide bonds. The molecule has 0 aliphatic carbocycles. The van der Waals surface area contributed by atoms with E-state index in [9.17, 15) is 4.39 Å². The van der Waals surface area contributed by atoms with Crippen molar-refractivity contribution >= 4 is 28.9 Å². The molecule has 3 N–H and O–H groups in total. The van der Waals surface area contributed by atoms with Gasteiger partial charge >= 0.3 is 0 Å². The van der Waals surface area contributed by atoms with E-state index in [-0.39, 0.29) is 11.7 Å². The quantitative estimate of drug-likeness (QED) is 0.650. The molecule has 0 spiro atoms. The number of nitrogens with one attached hydrogen (secondary N) is 1. The second-order valence-corrected chi connectivity index (χ2v) is 5.38. The van der Waals surface area contributed by atoms with Crippen LogP contribution in [0.15, 0.2) is 44.8 Å². The number of benzene rings is 1. The molecule has 1 aromatic heterocycles. The predicted molar refractivity (Wildman–Crippen MR) is 65.9 cm³/mol. The normalized spacial score (nSPS) is 10.3. The Balaban J connectivity index is 2.36. The standard InChI is InChI=1S/C11H9FN2S2/c12-7-3-4-9(8(6-7)11(13)14)16-10-2-1-5-15-10/h1-6H,(H3,13,14). The summed E-state index contributed by atoms with van der Waals surface area (Å²) >= 11 is 3.09. The lowest BCUT2D eigenvalue weighted by Crippen LogP contribution is -2.12. The molecule has 0 saturated carbocycles. The van der Waals surface area contributed by atoms with E-state index in [1.54, 1.807) is 17.4 Å². The Morgan fingerprint density at radius 2 is 2.19 bits per heavy atom. The van der Waals surface area contributed by atoms with Crippen LogP contribution in [0.25, 0.3) is 0 Å². The fraction of sp³-hybridized carbons (Fsp3) is 0. The van der Waals surface area contributed by atoms with Crippen molar-refractivity contribution in [2.24, 2.45) is 5.73 Å². The lowest BCUT2D eigenvalue weighted by atomic mass is 10.2. The zero-order valence-corrected chi connectivity index (χ0v) is 9.87. The maximum Gasteiger partial charge on any atom is 0.124 e. The second kappa shape index (κ2) is 4.67. The van der Waals surface area contributed by atoms with Crippen LogP contribution < -0.4 is 5.73 Å². The van der Waals surface area contributed by atoms with Crippen molar-refractivity contribution in [3.63, 3.8) is 0 Å². The molecule has 5 heteroatoms. The molecule has 2 rings (SSSR count). The average molecular weight is 252 g/mol. The van der Waals surface area contributed by atoms with Gasteiger partial charge in [-0.15, -0.1) is 11.3 Å².